The highest BCUT2D eigenvalue weighted by atomic mass is 32.1. The molecule has 2 aromatic carbocycles. The van der Waals surface area contributed by atoms with Crippen LogP contribution >= 0.6 is 11.3 Å². The summed E-state index contributed by atoms with van der Waals surface area (Å²) in [6, 6.07) is 13.6. The van der Waals surface area contributed by atoms with Crippen molar-refractivity contribution < 1.29 is 14.3 Å². The number of rotatable bonds is 6. The van der Waals surface area contributed by atoms with E-state index in [4.69, 9.17) is 9.47 Å². The lowest BCUT2D eigenvalue weighted by molar-refractivity contribution is 0.155. The van der Waals surface area contributed by atoms with E-state index in [2.05, 4.69) is 28.2 Å². The van der Waals surface area contributed by atoms with E-state index in [0.717, 1.165) is 45.5 Å². The number of carbonyl (C=O) groups is 1. The molecule has 0 aliphatic carbocycles. The van der Waals surface area contributed by atoms with Crippen LogP contribution in [0.4, 0.5) is 21.2 Å². The van der Waals surface area contributed by atoms with Crippen molar-refractivity contribution in [1.82, 2.24) is 10.5 Å². The smallest absolute Gasteiger partial charge is 0.412 e. The number of carbonyl (C=O) groups excluding carboxylic acids is 1. The van der Waals surface area contributed by atoms with Crippen LogP contribution in [0.25, 0.3) is 10.6 Å². The Hall–Kier alpha value is -3.30. The third-order valence-corrected chi connectivity index (χ3v) is 5.82. The molecule has 0 spiro atoms. The van der Waals surface area contributed by atoms with Gasteiger partial charge in [0.1, 0.15) is 22.4 Å². The number of hydrogen-bond donors (Lipinski definition) is 3. The number of hydrogen-bond acceptors (Lipinski definition) is 8. The average Bonchev–Trinajstić information content (AvgIpc) is 3.34. The molecule has 0 fully saturated rings. The third-order valence-electron chi connectivity index (χ3n) is 4.71. The van der Waals surface area contributed by atoms with Crippen molar-refractivity contribution in [3.8, 4) is 16.3 Å². The van der Waals surface area contributed by atoms with Crippen molar-refractivity contribution >= 4 is 33.8 Å². The zero-order chi connectivity index (χ0) is 21.1. The third kappa shape index (κ3) is 4.03. The highest BCUT2D eigenvalue weighted by molar-refractivity contribution is 7.19. The summed E-state index contributed by atoms with van der Waals surface area (Å²) in [4.78, 5) is 16.9. The number of benzene rings is 2. The summed E-state index contributed by atoms with van der Waals surface area (Å²) in [6.07, 6.45) is -0.518. The number of methoxy groups -OCH3 is 1. The molecular formula is C21H23N5O3S. The average molecular weight is 426 g/mol. The van der Waals surface area contributed by atoms with Gasteiger partial charge in [-0.25, -0.2) is 9.78 Å². The van der Waals surface area contributed by atoms with Gasteiger partial charge < -0.3 is 14.9 Å². The van der Waals surface area contributed by atoms with E-state index in [9.17, 15) is 4.79 Å². The van der Waals surface area contributed by atoms with E-state index in [1.54, 1.807) is 7.11 Å². The number of nitrogens with one attached hydrogen (secondary N) is 3. The van der Waals surface area contributed by atoms with Crippen molar-refractivity contribution in [3.05, 3.63) is 53.7 Å². The van der Waals surface area contributed by atoms with Crippen LogP contribution in [0.2, 0.25) is 0 Å². The Morgan fingerprint density at radius 1 is 1.27 bits per heavy atom. The minimum Gasteiger partial charge on any atom is -0.496 e. The van der Waals surface area contributed by atoms with E-state index in [-0.39, 0.29) is 6.61 Å². The van der Waals surface area contributed by atoms with Crippen LogP contribution in [-0.4, -0.2) is 24.7 Å². The summed E-state index contributed by atoms with van der Waals surface area (Å²) in [6.45, 7) is 4.92. The van der Waals surface area contributed by atoms with Gasteiger partial charge in [-0.1, -0.05) is 29.5 Å². The molecule has 1 amide bonds. The van der Waals surface area contributed by atoms with Gasteiger partial charge in [-0.3, -0.25) is 10.3 Å². The first-order chi connectivity index (χ1) is 14.6. The Bertz CT molecular complexity index is 1070. The number of amides is 1. The lowest BCUT2D eigenvalue weighted by Gasteiger charge is -2.14. The predicted molar refractivity (Wildman–Crippen MR) is 119 cm³/mol. The summed E-state index contributed by atoms with van der Waals surface area (Å²) in [5.41, 5.74) is 10.7. The predicted octanol–water partition coefficient (Wildman–Crippen LogP) is 4.55. The van der Waals surface area contributed by atoms with E-state index in [0.29, 0.717) is 5.00 Å². The number of para-hydroxylation sites is 1. The molecule has 0 radical (unpaired) electrons. The van der Waals surface area contributed by atoms with Crippen molar-refractivity contribution in [1.29, 1.82) is 0 Å². The van der Waals surface area contributed by atoms with Gasteiger partial charge in [-0.15, -0.1) is 5.53 Å². The van der Waals surface area contributed by atoms with Gasteiger partial charge >= 0.3 is 6.09 Å². The maximum atomic E-state index is 12.3. The van der Waals surface area contributed by atoms with Crippen LogP contribution < -0.4 is 26.0 Å². The Labute approximate surface area is 178 Å². The zero-order valence-electron chi connectivity index (χ0n) is 17.0. The van der Waals surface area contributed by atoms with Gasteiger partial charge in [-0.05, 0) is 43.7 Å². The fourth-order valence-electron chi connectivity index (χ4n) is 3.17. The minimum atomic E-state index is -0.518. The summed E-state index contributed by atoms with van der Waals surface area (Å²) in [5.74, 6) is 0.738. The van der Waals surface area contributed by atoms with Crippen LogP contribution in [0.3, 0.4) is 0 Å². The standard InChI is InChI=1S/C21H23N5O3S/c1-4-26-17-10-9-14(11-16(17)24-25-26)12-29-21(27)23-19-13(2)22-20(30-19)15-7-5-6-8-18(15)28-3/h5-11,24-25H,4,12H2,1-3H3,(H,23,27). The number of anilines is 3. The molecule has 3 N–H and O–H groups in total. The lowest BCUT2D eigenvalue weighted by atomic mass is 10.2. The first kappa shape index (κ1) is 20.0. The second-order valence-corrected chi connectivity index (χ2v) is 7.67. The maximum Gasteiger partial charge on any atom is 0.412 e. The highest BCUT2D eigenvalue weighted by Gasteiger charge is 2.18. The normalized spacial score (nSPS) is 12.3. The number of hydrazine groups is 2. The lowest BCUT2D eigenvalue weighted by Crippen LogP contribution is -2.35. The Morgan fingerprint density at radius 3 is 2.90 bits per heavy atom. The summed E-state index contributed by atoms with van der Waals surface area (Å²) < 4.78 is 10.8. The highest BCUT2D eigenvalue weighted by Crippen LogP contribution is 2.36. The van der Waals surface area contributed by atoms with Gasteiger partial charge in [0.2, 0.25) is 0 Å². The molecule has 156 valence electrons. The van der Waals surface area contributed by atoms with Gasteiger partial charge in [-0.2, -0.15) is 0 Å². The van der Waals surface area contributed by atoms with Crippen LogP contribution in [0, 0.1) is 6.92 Å². The second-order valence-electron chi connectivity index (χ2n) is 6.67. The molecule has 0 saturated heterocycles. The number of fused-ring (bicyclic) bond motifs is 1. The molecule has 3 aromatic rings. The van der Waals surface area contributed by atoms with E-state index in [1.807, 2.05) is 54.4 Å². The van der Waals surface area contributed by atoms with E-state index < -0.39 is 6.09 Å². The van der Waals surface area contributed by atoms with Crippen molar-refractivity contribution in [2.75, 3.05) is 29.4 Å². The molecule has 1 aliphatic heterocycles. The van der Waals surface area contributed by atoms with Crippen LogP contribution in [0.1, 0.15) is 18.2 Å². The Morgan fingerprint density at radius 2 is 2.10 bits per heavy atom. The molecule has 30 heavy (non-hydrogen) atoms. The Balaban J connectivity index is 1.40. The minimum absolute atomic E-state index is 0.171. The number of aryl methyl sites for hydroxylation is 1. The largest absolute Gasteiger partial charge is 0.496 e. The number of thiazole rings is 1. The van der Waals surface area contributed by atoms with Crippen molar-refractivity contribution in [3.63, 3.8) is 0 Å². The fourth-order valence-corrected chi connectivity index (χ4v) is 4.15. The van der Waals surface area contributed by atoms with Crippen LogP contribution in [0.5, 0.6) is 5.75 Å². The van der Waals surface area contributed by atoms with Gasteiger partial charge in [0.05, 0.1) is 29.7 Å². The molecule has 0 bridgehead atoms. The summed E-state index contributed by atoms with van der Waals surface area (Å²) >= 11 is 1.38. The van der Waals surface area contributed by atoms with Gasteiger partial charge in [0, 0.05) is 6.54 Å². The molecule has 1 aromatic heterocycles. The van der Waals surface area contributed by atoms with Crippen molar-refractivity contribution in [2.45, 2.75) is 20.5 Å². The quantitative estimate of drug-likeness (QED) is 0.534. The first-order valence-corrected chi connectivity index (χ1v) is 10.4. The van der Waals surface area contributed by atoms with Gasteiger partial charge in [0.15, 0.2) is 0 Å². The molecule has 4 rings (SSSR count). The van der Waals surface area contributed by atoms with E-state index in [1.165, 1.54) is 11.3 Å². The topological polar surface area (TPSA) is 87.8 Å². The molecular weight excluding hydrogens is 402 g/mol. The first-order valence-electron chi connectivity index (χ1n) is 9.55. The number of aromatic nitrogens is 1. The maximum absolute atomic E-state index is 12.3. The van der Waals surface area contributed by atoms with Crippen molar-refractivity contribution in [2.24, 2.45) is 0 Å². The van der Waals surface area contributed by atoms with Crippen LogP contribution in [0.15, 0.2) is 42.5 Å². The molecule has 2 heterocycles. The Kier molecular flexibility index (Phi) is 5.73. The van der Waals surface area contributed by atoms with Gasteiger partial charge in [0.25, 0.3) is 0 Å². The molecule has 8 nitrogen and oxygen atoms in total. The van der Waals surface area contributed by atoms with E-state index >= 15 is 0 Å². The summed E-state index contributed by atoms with van der Waals surface area (Å²) in [7, 11) is 1.63. The molecule has 0 saturated carbocycles. The summed E-state index contributed by atoms with van der Waals surface area (Å²) in [5, 5.41) is 6.22. The fraction of sp³-hybridized carbons (Fsp3) is 0.238. The molecule has 9 heteroatoms. The SMILES string of the molecule is CCN1NNc2cc(COC(=O)Nc3sc(-c4ccccc4OC)nc3C)ccc21. The van der Waals surface area contributed by atoms with Crippen LogP contribution in [-0.2, 0) is 11.3 Å². The zero-order valence-corrected chi connectivity index (χ0v) is 17.8. The molecule has 1 aliphatic rings. The number of ether oxygens (including phenoxy) is 2. The monoisotopic (exact) mass is 425 g/mol. The molecule has 0 unspecified atom stereocenters. The second kappa shape index (κ2) is 8.60. The number of nitrogens with zero attached hydrogens (tertiary/aromatic N) is 2. The molecule has 0 atom stereocenters.